The van der Waals surface area contributed by atoms with E-state index in [4.69, 9.17) is 0 Å². The molecule has 2 aliphatic rings. The summed E-state index contributed by atoms with van der Waals surface area (Å²) in [5.41, 5.74) is 1.61. The molecule has 16 heavy (non-hydrogen) atoms. The zero-order valence-electron chi connectivity index (χ0n) is 9.73. The Balaban J connectivity index is 1.73. The third-order valence-corrected chi connectivity index (χ3v) is 3.70. The van der Waals surface area contributed by atoms with Crippen LogP contribution in [-0.2, 0) is 0 Å². The number of hydrogen-bond donors (Lipinski definition) is 1. The van der Waals surface area contributed by atoms with Gasteiger partial charge in [0.1, 0.15) is 5.69 Å². The van der Waals surface area contributed by atoms with E-state index in [1.807, 2.05) is 11.0 Å². The maximum atomic E-state index is 12.1. The van der Waals surface area contributed by atoms with Crippen LogP contribution in [0.1, 0.15) is 42.4 Å². The van der Waals surface area contributed by atoms with Gasteiger partial charge in [-0.25, -0.2) is 0 Å². The first-order valence-corrected chi connectivity index (χ1v) is 5.99. The highest BCUT2D eigenvalue weighted by molar-refractivity contribution is 5.92. The second-order valence-electron chi connectivity index (χ2n) is 5.33. The number of piperidine rings is 1. The van der Waals surface area contributed by atoms with Crippen LogP contribution in [0, 0.1) is 11.8 Å². The van der Waals surface area contributed by atoms with Crippen LogP contribution in [-0.4, -0.2) is 34.1 Å². The lowest BCUT2D eigenvalue weighted by molar-refractivity contribution is 0.0769. The quantitative estimate of drug-likeness (QED) is 0.821. The van der Waals surface area contributed by atoms with Crippen molar-refractivity contribution in [1.29, 1.82) is 0 Å². The summed E-state index contributed by atoms with van der Waals surface area (Å²) in [7, 11) is 0. The molecule has 2 fully saturated rings. The molecule has 0 radical (unpaired) electrons. The topological polar surface area (TPSA) is 49.0 Å². The second-order valence-corrected chi connectivity index (χ2v) is 5.33. The van der Waals surface area contributed by atoms with Gasteiger partial charge < -0.3 is 4.90 Å². The summed E-state index contributed by atoms with van der Waals surface area (Å²) in [4.78, 5) is 14.0. The molecule has 0 spiro atoms. The van der Waals surface area contributed by atoms with Gasteiger partial charge in [0, 0.05) is 18.8 Å². The molecule has 1 saturated carbocycles. The monoisotopic (exact) mass is 219 g/mol. The molecule has 1 aromatic heterocycles. The number of nitrogens with zero attached hydrogens (tertiary/aromatic N) is 2. The summed E-state index contributed by atoms with van der Waals surface area (Å²) in [6.45, 7) is 6.06. The van der Waals surface area contributed by atoms with E-state index in [1.54, 1.807) is 0 Å². The molecule has 2 atom stereocenters. The van der Waals surface area contributed by atoms with Crippen molar-refractivity contribution in [3.63, 3.8) is 0 Å². The van der Waals surface area contributed by atoms with Crippen LogP contribution < -0.4 is 0 Å². The molecule has 86 valence electrons. The minimum atomic E-state index is 0.0929. The molecule has 1 aliphatic carbocycles. The molecular weight excluding hydrogens is 202 g/mol. The Hall–Kier alpha value is -1.32. The van der Waals surface area contributed by atoms with E-state index in [0.717, 1.165) is 30.6 Å². The van der Waals surface area contributed by atoms with Crippen molar-refractivity contribution in [2.24, 2.45) is 11.8 Å². The van der Waals surface area contributed by atoms with Crippen molar-refractivity contribution in [1.82, 2.24) is 15.1 Å². The molecule has 4 heteroatoms. The first-order chi connectivity index (χ1) is 7.65. The Kier molecular flexibility index (Phi) is 2.06. The summed E-state index contributed by atoms with van der Waals surface area (Å²) < 4.78 is 0. The van der Waals surface area contributed by atoms with E-state index in [9.17, 15) is 4.79 Å². The normalized spacial score (nSPS) is 27.3. The standard InChI is InChI=1S/C12H17N3O/c1-7(2)10-4-11(14-13-10)12(16)15-5-8-3-9(8)6-15/h4,7-9H,3,5-6H2,1-2H3,(H,13,14)/t8-,9+. The number of nitrogens with one attached hydrogen (secondary N) is 1. The van der Waals surface area contributed by atoms with Crippen LogP contribution in [0.5, 0.6) is 0 Å². The molecule has 0 aromatic carbocycles. The van der Waals surface area contributed by atoms with E-state index >= 15 is 0 Å². The zero-order chi connectivity index (χ0) is 11.3. The van der Waals surface area contributed by atoms with Gasteiger partial charge in [0.15, 0.2) is 0 Å². The van der Waals surface area contributed by atoms with E-state index in [2.05, 4.69) is 24.0 Å². The predicted molar refractivity (Wildman–Crippen MR) is 60.2 cm³/mol. The van der Waals surface area contributed by atoms with E-state index < -0.39 is 0 Å². The number of amides is 1. The van der Waals surface area contributed by atoms with Gasteiger partial charge >= 0.3 is 0 Å². The summed E-state index contributed by atoms with van der Waals surface area (Å²) in [6, 6.07) is 1.89. The Morgan fingerprint density at radius 2 is 2.19 bits per heavy atom. The lowest BCUT2D eigenvalue weighted by atomic mass is 10.1. The lowest BCUT2D eigenvalue weighted by Gasteiger charge is -2.15. The first kappa shape index (κ1) is 9.87. The predicted octanol–water partition coefficient (Wildman–Crippen LogP) is 1.62. The van der Waals surface area contributed by atoms with Crippen LogP contribution in [0.25, 0.3) is 0 Å². The van der Waals surface area contributed by atoms with Crippen molar-refractivity contribution in [3.8, 4) is 0 Å². The smallest absolute Gasteiger partial charge is 0.274 e. The van der Waals surface area contributed by atoms with Crippen molar-refractivity contribution < 1.29 is 4.79 Å². The van der Waals surface area contributed by atoms with E-state index in [0.29, 0.717) is 11.6 Å². The molecule has 0 bridgehead atoms. The molecule has 4 nitrogen and oxygen atoms in total. The van der Waals surface area contributed by atoms with Gasteiger partial charge in [-0.3, -0.25) is 9.89 Å². The van der Waals surface area contributed by atoms with Gasteiger partial charge in [-0.05, 0) is 30.2 Å². The number of hydrogen-bond acceptors (Lipinski definition) is 2. The Morgan fingerprint density at radius 1 is 1.50 bits per heavy atom. The van der Waals surface area contributed by atoms with Crippen molar-refractivity contribution >= 4 is 5.91 Å². The molecule has 2 heterocycles. The SMILES string of the molecule is CC(C)c1cc(C(=O)N2C[C@H]3C[C@H]3C2)n[nH]1. The number of fused-ring (bicyclic) bond motifs is 1. The Morgan fingerprint density at radius 3 is 2.75 bits per heavy atom. The van der Waals surface area contributed by atoms with E-state index in [1.165, 1.54) is 6.42 Å². The lowest BCUT2D eigenvalue weighted by Crippen LogP contribution is -2.30. The summed E-state index contributed by atoms with van der Waals surface area (Å²) in [6.07, 6.45) is 1.32. The number of H-pyrrole nitrogens is 1. The fraction of sp³-hybridized carbons (Fsp3) is 0.667. The molecule has 3 rings (SSSR count). The van der Waals surface area contributed by atoms with Gasteiger partial charge in [0.25, 0.3) is 5.91 Å². The highest BCUT2D eigenvalue weighted by atomic mass is 16.2. The summed E-state index contributed by atoms with van der Waals surface area (Å²) >= 11 is 0. The molecule has 0 unspecified atom stereocenters. The number of rotatable bonds is 2. The second kappa shape index (κ2) is 3.34. The van der Waals surface area contributed by atoms with E-state index in [-0.39, 0.29) is 5.91 Å². The van der Waals surface area contributed by atoms with Gasteiger partial charge in [-0.15, -0.1) is 0 Å². The molecule has 1 aromatic rings. The molecular formula is C12H17N3O. The molecule has 1 aliphatic heterocycles. The minimum Gasteiger partial charge on any atom is -0.337 e. The third kappa shape index (κ3) is 1.52. The van der Waals surface area contributed by atoms with Gasteiger partial charge in [0.05, 0.1) is 0 Å². The molecule has 1 amide bonds. The van der Waals surface area contributed by atoms with Gasteiger partial charge in [-0.1, -0.05) is 13.8 Å². The average molecular weight is 219 g/mol. The Labute approximate surface area is 95.0 Å². The third-order valence-electron chi connectivity index (χ3n) is 3.70. The maximum absolute atomic E-state index is 12.1. The van der Waals surface area contributed by atoms with Crippen molar-refractivity contribution in [2.45, 2.75) is 26.2 Å². The van der Waals surface area contributed by atoms with Gasteiger partial charge in [-0.2, -0.15) is 5.10 Å². The van der Waals surface area contributed by atoms with Crippen molar-refractivity contribution in [2.75, 3.05) is 13.1 Å². The number of aromatic amines is 1. The van der Waals surface area contributed by atoms with Crippen molar-refractivity contribution in [3.05, 3.63) is 17.5 Å². The zero-order valence-corrected chi connectivity index (χ0v) is 9.73. The Bertz CT molecular complexity index is 414. The molecule has 1 N–H and O–H groups in total. The minimum absolute atomic E-state index is 0.0929. The summed E-state index contributed by atoms with van der Waals surface area (Å²) in [5.74, 6) is 2.05. The fourth-order valence-corrected chi connectivity index (χ4v) is 2.47. The van der Waals surface area contributed by atoms with Crippen LogP contribution in [0.4, 0.5) is 0 Å². The summed E-state index contributed by atoms with van der Waals surface area (Å²) in [5, 5.41) is 7.04. The fourth-order valence-electron chi connectivity index (χ4n) is 2.47. The highest BCUT2D eigenvalue weighted by Crippen LogP contribution is 2.45. The average Bonchev–Trinajstić information content (AvgIpc) is 2.72. The van der Waals surface area contributed by atoms with Crippen LogP contribution >= 0.6 is 0 Å². The van der Waals surface area contributed by atoms with Crippen LogP contribution in [0.3, 0.4) is 0 Å². The highest BCUT2D eigenvalue weighted by Gasteiger charge is 2.46. The molecule has 1 saturated heterocycles. The van der Waals surface area contributed by atoms with Crippen LogP contribution in [0.15, 0.2) is 6.07 Å². The van der Waals surface area contributed by atoms with Crippen LogP contribution in [0.2, 0.25) is 0 Å². The number of aromatic nitrogens is 2. The number of likely N-dealkylation sites (tertiary alicyclic amines) is 1. The maximum Gasteiger partial charge on any atom is 0.274 e. The first-order valence-electron chi connectivity index (χ1n) is 5.99. The van der Waals surface area contributed by atoms with Gasteiger partial charge in [0.2, 0.25) is 0 Å². The number of carbonyl (C=O) groups excluding carboxylic acids is 1. The largest absolute Gasteiger partial charge is 0.337 e. The number of carbonyl (C=O) groups is 1.